The Hall–Kier alpha value is -1.28. The lowest BCUT2D eigenvalue weighted by Crippen LogP contribution is -2.23. The van der Waals surface area contributed by atoms with Crippen molar-refractivity contribution in [1.29, 1.82) is 0 Å². The number of aryl methyl sites for hydroxylation is 1. The summed E-state index contributed by atoms with van der Waals surface area (Å²) in [5.41, 5.74) is 3.58. The number of nitrogens with one attached hydrogen (secondary N) is 1. The fraction of sp³-hybridized carbons (Fsp3) is 0.400. The van der Waals surface area contributed by atoms with Crippen LogP contribution in [0.1, 0.15) is 36.8 Å². The Morgan fingerprint density at radius 1 is 1.33 bits per heavy atom. The van der Waals surface area contributed by atoms with E-state index in [-0.39, 0.29) is 5.91 Å². The zero-order valence-electron chi connectivity index (χ0n) is 10.2. The summed E-state index contributed by atoms with van der Waals surface area (Å²) in [5.74, 6) is 0.0420. The summed E-state index contributed by atoms with van der Waals surface area (Å²) in [6.45, 7) is 0. The molecule has 18 heavy (non-hydrogen) atoms. The van der Waals surface area contributed by atoms with E-state index >= 15 is 0 Å². The first kappa shape index (κ1) is 11.8. The minimum Gasteiger partial charge on any atom is -0.350 e. The molecule has 3 heteroatoms. The third-order valence-electron chi connectivity index (χ3n) is 3.54. The van der Waals surface area contributed by atoms with Crippen molar-refractivity contribution in [3.63, 3.8) is 0 Å². The largest absolute Gasteiger partial charge is 0.350 e. The highest BCUT2D eigenvalue weighted by Crippen LogP contribution is 2.32. The average Bonchev–Trinajstić information content (AvgIpc) is 3.14. The van der Waals surface area contributed by atoms with E-state index in [1.165, 1.54) is 5.56 Å². The fourth-order valence-corrected chi connectivity index (χ4v) is 2.62. The number of amides is 1. The van der Waals surface area contributed by atoms with Crippen LogP contribution in [0.2, 0.25) is 5.02 Å². The van der Waals surface area contributed by atoms with Crippen LogP contribution in [0, 0.1) is 0 Å². The molecular formula is C15H16ClNO. The first-order valence-corrected chi connectivity index (χ1v) is 6.90. The molecule has 0 heterocycles. The minimum absolute atomic E-state index is 0.0420. The van der Waals surface area contributed by atoms with Crippen LogP contribution in [-0.2, 0) is 11.2 Å². The molecule has 1 aromatic rings. The Bertz CT molecular complexity index is 517. The second-order valence-electron chi connectivity index (χ2n) is 5.11. The normalized spacial score (nSPS) is 20.6. The van der Waals surface area contributed by atoms with Gasteiger partial charge in [0, 0.05) is 17.1 Å². The number of allylic oxidation sites excluding steroid dienone is 1. The van der Waals surface area contributed by atoms with Gasteiger partial charge < -0.3 is 5.32 Å². The topological polar surface area (TPSA) is 29.1 Å². The van der Waals surface area contributed by atoms with E-state index in [4.69, 9.17) is 11.6 Å². The van der Waals surface area contributed by atoms with Crippen molar-refractivity contribution < 1.29 is 4.79 Å². The molecule has 0 aromatic heterocycles. The standard InChI is InChI=1S/C15H16ClNO/c16-12-5-4-10-2-1-3-11(14(10)9-12)8-15(18)17-13-6-7-13/h4-5,8-9,13H,1-3,6-7H2,(H,17,18). The Kier molecular flexibility index (Phi) is 3.13. The highest BCUT2D eigenvalue weighted by molar-refractivity contribution is 6.30. The lowest BCUT2D eigenvalue weighted by molar-refractivity contribution is -0.116. The molecule has 0 radical (unpaired) electrons. The summed E-state index contributed by atoms with van der Waals surface area (Å²) in [4.78, 5) is 11.8. The predicted octanol–water partition coefficient (Wildman–Crippen LogP) is 3.34. The van der Waals surface area contributed by atoms with Gasteiger partial charge in [-0.3, -0.25) is 4.79 Å². The van der Waals surface area contributed by atoms with Crippen molar-refractivity contribution in [3.8, 4) is 0 Å². The molecule has 1 fully saturated rings. The number of benzene rings is 1. The van der Waals surface area contributed by atoms with Gasteiger partial charge >= 0.3 is 0 Å². The van der Waals surface area contributed by atoms with Crippen LogP contribution in [0.4, 0.5) is 0 Å². The second-order valence-corrected chi connectivity index (χ2v) is 5.54. The number of fused-ring (bicyclic) bond motifs is 1. The maximum Gasteiger partial charge on any atom is 0.244 e. The Morgan fingerprint density at radius 3 is 2.94 bits per heavy atom. The summed E-state index contributed by atoms with van der Waals surface area (Å²) >= 11 is 6.05. The maximum absolute atomic E-state index is 11.8. The Morgan fingerprint density at radius 2 is 2.17 bits per heavy atom. The molecule has 0 saturated heterocycles. The van der Waals surface area contributed by atoms with E-state index in [1.54, 1.807) is 6.08 Å². The lowest BCUT2D eigenvalue weighted by Gasteiger charge is -2.19. The highest BCUT2D eigenvalue weighted by atomic mass is 35.5. The van der Waals surface area contributed by atoms with Crippen molar-refractivity contribution in [2.75, 3.05) is 0 Å². The third-order valence-corrected chi connectivity index (χ3v) is 3.77. The summed E-state index contributed by atoms with van der Waals surface area (Å²) in [5, 5.41) is 3.74. The van der Waals surface area contributed by atoms with E-state index in [0.29, 0.717) is 6.04 Å². The third kappa shape index (κ3) is 2.59. The van der Waals surface area contributed by atoms with Gasteiger partial charge in [-0.25, -0.2) is 0 Å². The average molecular weight is 262 g/mol. The molecule has 0 unspecified atom stereocenters. The van der Waals surface area contributed by atoms with Gasteiger partial charge in [0.25, 0.3) is 0 Å². The van der Waals surface area contributed by atoms with Crippen LogP contribution in [0.25, 0.3) is 5.57 Å². The quantitative estimate of drug-likeness (QED) is 0.813. The van der Waals surface area contributed by atoms with E-state index in [0.717, 1.165) is 48.3 Å². The second kappa shape index (κ2) is 4.77. The molecule has 0 aliphatic heterocycles. The van der Waals surface area contributed by atoms with E-state index in [1.807, 2.05) is 12.1 Å². The van der Waals surface area contributed by atoms with Crippen molar-refractivity contribution in [2.24, 2.45) is 0 Å². The van der Waals surface area contributed by atoms with Gasteiger partial charge in [-0.05, 0) is 60.9 Å². The monoisotopic (exact) mass is 261 g/mol. The van der Waals surface area contributed by atoms with Gasteiger partial charge in [0.15, 0.2) is 0 Å². The summed E-state index contributed by atoms with van der Waals surface area (Å²) < 4.78 is 0. The SMILES string of the molecule is O=C(C=C1CCCc2ccc(Cl)cc21)NC1CC1. The zero-order chi connectivity index (χ0) is 12.5. The molecule has 2 aliphatic rings. The Labute approximate surface area is 112 Å². The first-order valence-electron chi connectivity index (χ1n) is 6.52. The molecule has 1 N–H and O–H groups in total. The van der Waals surface area contributed by atoms with Crippen LogP contribution < -0.4 is 5.32 Å². The molecule has 0 atom stereocenters. The van der Waals surface area contributed by atoms with Gasteiger partial charge in [0.1, 0.15) is 0 Å². The predicted molar refractivity (Wildman–Crippen MR) is 73.5 cm³/mol. The summed E-state index contributed by atoms with van der Waals surface area (Å²) in [6, 6.07) is 6.39. The molecule has 94 valence electrons. The van der Waals surface area contributed by atoms with Gasteiger partial charge in [0.2, 0.25) is 5.91 Å². The molecule has 3 rings (SSSR count). The molecule has 0 spiro atoms. The fourth-order valence-electron chi connectivity index (χ4n) is 2.45. The number of carbonyl (C=O) groups is 1. The van der Waals surface area contributed by atoms with Crippen LogP contribution in [0.3, 0.4) is 0 Å². The smallest absolute Gasteiger partial charge is 0.244 e. The molecule has 2 nitrogen and oxygen atoms in total. The van der Waals surface area contributed by atoms with E-state index in [9.17, 15) is 4.79 Å². The summed E-state index contributed by atoms with van der Waals surface area (Å²) in [7, 11) is 0. The molecule has 2 aliphatic carbocycles. The van der Waals surface area contributed by atoms with Gasteiger partial charge in [-0.1, -0.05) is 17.7 Å². The minimum atomic E-state index is 0.0420. The molecular weight excluding hydrogens is 246 g/mol. The van der Waals surface area contributed by atoms with Crippen molar-refractivity contribution >= 4 is 23.1 Å². The van der Waals surface area contributed by atoms with E-state index in [2.05, 4.69) is 11.4 Å². The number of carbonyl (C=O) groups excluding carboxylic acids is 1. The van der Waals surface area contributed by atoms with Gasteiger partial charge in [-0.2, -0.15) is 0 Å². The van der Waals surface area contributed by atoms with E-state index < -0.39 is 0 Å². The molecule has 1 aromatic carbocycles. The summed E-state index contributed by atoms with van der Waals surface area (Å²) in [6.07, 6.45) is 7.15. The Balaban J connectivity index is 1.87. The van der Waals surface area contributed by atoms with Crippen molar-refractivity contribution in [2.45, 2.75) is 38.1 Å². The van der Waals surface area contributed by atoms with Crippen LogP contribution >= 0.6 is 11.6 Å². The van der Waals surface area contributed by atoms with Gasteiger partial charge in [-0.15, -0.1) is 0 Å². The number of hydrogen-bond donors (Lipinski definition) is 1. The van der Waals surface area contributed by atoms with Crippen LogP contribution in [0.5, 0.6) is 0 Å². The number of halogens is 1. The van der Waals surface area contributed by atoms with Crippen molar-refractivity contribution in [1.82, 2.24) is 5.32 Å². The molecule has 0 bridgehead atoms. The van der Waals surface area contributed by atoms with Gasteiger partial charge in [0.05, 0.1) is 0 Å². The van der Waals surface area contributed by atoms with Crippen LogP contribution in [0.15, 0.2) is 24.3 Å². The van der Waals surface area contributed by atoms with Crippen molar-refractivity contribution in [3.05, 3.63) is 40.4 Å². The maximum atomic E-state index is 11.8. The zero-order valence-corrected chi connectivity index (χ0v) is 11.0. The molecule has 1 saturated carbocycles. The highest BCUT2D eigenvalue weighted by Gasteiger charge is 2.23. The lowest BCUT2D eigenvalue weighted by atomic mass is 9.87. The number of rotatable bonds is 2. The number of hydrogen-bond acceptors (Lipinski definition) is 1. The van der Waals surface area contributed by atoms with Crippen LogP contribution in [-0.4, -0.2) is 11.9 Å². The first-order chi connectivity index (χ1) is 8.72. The molecule has 1 amide bonds.